The maximum Gasteiger partial charge on any atom is 0.508 e. The first kappa shape index (κ1) is 11.2. The average Bonchev–Trinajstić information content (AvgIpc) is 1.96. The number of ether oxygens (including phenoxy) is 3. The Morgan fingerprint density at radius 2 is 1.83 bits per heavy atom. The Bertz CT molecular complexity index is 136. The number of rotatable bonds is 3. The van der Waals surface area contributed by atoms with Crippen molar-refractivity contribution < 1.29 is 19.0 Å². The smallest absolute Gasteiger partial charge is 0.438 e. The highest BCUT2D eigenvalue weighted by Crippen LogP contribution is 2.05. The molecule has 72 valence electrons. The van der Waals surface area contributed by atoms with E-state index in [1.54, 1.807) is 0 Å². The second-order valence-electron chi connectivity index (χ2n) is 3.26. The van der Waals surface area contributed by atoms with Crippen LogP contribution in [0.1, 0.15) is 20.8 Å². The molecule has 4 heteroatoms. The van der Waals surface area contributed by atoms with Gasteiger partial charge in [-0.1, -0.05) is 0 Å². The zero-order chi connectivity index (χ0) is 9.61. The van der Waals surface area contributed by atoms with E-state index in [4.69, 9.17) is 4.74 Å². The van der Waals surface area contributed by atoms with Crippen molar-refractivity contribution >= 4 is 6.16 Å². The highest BCUT2D eigenvalue weighted by Gasteiger charge is 2.09. The summed E-state index contributed by atoms with van der Waals surface area (Å²) in [6.45, 7) is 6.42. The zero-order valence-corrected chi connectivity index (χ0v) is 8.05. The van der Waals surface area contributed by atoms with Gasteiger partial charge in [-0.25, -0.2) is 4.79 Å². The van der Waals surface area contributed by atoms with E-state index in [1.165, 1.54) is 7.11 Å². The van der Waals surface area contributed by atoms with Gasteiger partial charge >= 0.3 is 6.16 Å². The van der Waals surface area contributed by atoms with Crippen LogP contribution in [0.2, 0.25) is 0 Å². The molecule has 12 heavy (non-hydrogen) atoms. The summed E-state index contributed by atoms with van der Waals surface area (Å²) in [5.74, 6) is 0. The van der Waals surface area contributed by atoms with E-state index in [0.29, 0.717) is 6.61 Å². The molecular formula is C8H16O4. The van der Waals surface area contributed by atoms with Crippen molar-refractivity contribution in [1.29, 1.82) is 0 Å². The molecule has 0 saturated carbocycles. The highest BCUT2D eigenvalue weighted by molar-refractivity contribution is 5.59. The molecule has 0 aliphatic carbocycles. The monoisotopic (exact) mass is 176 g/mol. The van der Waals surface area contributed by atoms with E-state index in [-0.39, 0.29) is 12.2 Å². The molecule has 0 radical (unpaired) electrons. The summed E-state index contributed by atoms with van der Waals surface area (Å²) in [6, 6.07) is 0. The molecule has 0 bridgehead atoms. The van der Waals surface area contributed by atoms with Gasteiger partial charge in [0.15, 0.2) is 0 Å². The van der Waals surface area contributed by atoms with Crippen LogP contribution in [0.4, 0.5) is 4.79 Å². The van der Waals surface area contributed by atoms with Gasteiger partial charge in [-0.15, -0.1) is 0 Å². The molecular weight excluding hydrogens is 160 g/mol. The fourth-order valence-corrected chi connectivity index (χ4v) is 0.532. The van der Waals surface area contributed by atoms with E-state index in [1.807, 2.05) is 20.8 Å². The van der Waals surface area contributed by atoms with Crippen LogP contribution in [0.15, 0.2) is 0 Å². The molecule has 0 unspecified atom stereocenters. The molecule has 0 fully saturated rings. The second kappa shape index (κ2) is 4.98. The van der Waals surface area contributed by atoms with Gasteiger partial charge in [0.1, 0.15) is 6.61 Å². The summed E-state index contributed by atoms with van der Waals surface area (Å²) in [5, 5.41) is 0. The lowest BCUT2D eigenvalue weighted by Crippen LogP contribution is -2.22. The van der Waals surface area contributed by atoms with E-state index >= 15 is 0 Å². The summed E-state index contributed by atoms with van der Waals surface area (Å²) in [7, 11) is 1.27. The maximum absolute atomic E-state index is 10.4. The van der Waals surface area contributed by atoms with Crippen molar-refractivity contribution in [1.82, 2.24) is 0 Å². The molecule has 0 spiro atoms. The lowest BCUT2D eigenvalue weighted by atomic mass is 10.2. The molecule has 0 N–H and O–H groups in total. The topological polar surface area (TPSA) is 44.8 Å². The van der Waals surface area contributed by atoms with Crippen LogP contribution in [0.3, 0.4) is 0 Å². The molecule has 0 aromatic carbocycles. The quantitative estimate of drug-likeness (QED) is 0.484. The largest absolute Gasteiger partial charge is 0.508 e. The van der Waals surface area contributed by atoms with Crippen molar-refractivity contribution in [2.75, 3.05) is 20.3 Å². The van der Waals surface area contributed by atoms with E-state index in [9.17, 15) is 4.79 Å². The lowest BCUT2D eigenvalue weighted by Gasteiger charge is -2.18. The van der Waals surface area contributed by atoms with Crippen LogP contribution < -0.4 is 0 Å². The number of hydrogen-bond donors (Lipinski definition) is 0. The number of hydrogen-bond acceptors (Lipinski definition) is 4. The van der Waals surface area contributed by atoms with Crippen LogP contribution in [0, 0.1) is 0 Å². The van der Waals surface area contributed by atoms with Gasteiger partial charge in [0.25, 0.3) is 0 Å². The van der Waals surface area contributed by atoms with Gasteiger partial charge in [-0.3, -0.25) is 0 Å². The van der Waals surface area contributed by atoms with E-state index < -0.39 is 6.16 Å². The van der Waals surface area contributed by atoms with Crippen LogP contribution in [0.25, 0.3) is 0 Å². The second-order valence-corrected chi connectivity index (χ2v) is 3.26. The molecule has 0 rings (SSSR count). The number of carbonyl (C=O) groups is 1. The Labute approximate surface area is 72.8 Å². The van der Waals surface area contributed by atoms with Crippen molar-refractivity contribution in [3.05, 3.63) is 0 Å². The highest BCUT2D eigenvalue weighted by atomic mass is 16.7. The molecule has 0 aromatic rings. The fraction of sp³-hybridized carbons (Fsp3) is 0.875. The standard InChI is InChI=1S/C8H16O4/c1-8(2,3)12-6-5-11-7(9)10-4/h5-6H2,1-4H3. The van der Waals surface area contributed by atoms with Gasteiger partial charge in [-0.2, -0.15) is 0 Å². The first-order chi connectivity index (χ1) is 5.45. The van der Waals surface area contributed by atoms with E-state index in [2.05, 4.69) is 9.47 Å². The first-order valence-electron chi connectivity index (χ1n) is 3.80. The first-order valence-corrected chi connectivity index (χ1v) is 3.80. The fourth-order valence-electron chi connectivity index (χ4n) is 0.532. The minimum absolute atomic E-state index is 0.195. The summed E-state index contributed by atoms with van der Waals surface area (Å²) in [4.78, 5) is 10.4. The summed E-state index contributed by atoms with van der Waals surface area (Å²) >= 11 is 0. The Hall–Kier alpha value is -0.770. The van der Waals surface area contributed by atoms with Crippen LogP contribution in [-0.2, 0) is 14.2 Å². The molecule has 0 saturated heterocycles. The Morgan fingerprint density at radius 3 is 2.25 bits per heavy atom. The predicted molar refractivity (Wildman–Crippen MR) is 44.1 cm³/mol. The van der Waals surface area contributed by atoms with Crippen LogP contribution >= 0.6 is 0 Å². The third-order valence-electron chi connectivity index (χ3n) is 1.00. The average molecular weight is 176 g/mol. The van der Waals surface area contributed by atoms with Gasteiger partial charge in [0.05, 0.1) is 19.3 Å². The van der Waals surface area contributed by atoms with Crippen LogP contribution in [0.5, 0.6) is 0 Å². The Balaban J connectivity index is 3.28. The SMILES string of the molecule is COC(=O)OCCOC(C)(C)C. The Kier molecular flexibility index (Phi) is 4.66. The molecule has 0 aliphatic heterocycles. The maximum atomic E-state index is 10.4. The Morgan fingerprint density at radius 1 is 1.25 bits per heavy atom. The summed E-state index contributed by atoms with van der Waals surface area (Å²) < 4.78 is 14.2. The summed E-state index contributed by atoms with van der Waals surface area (Å²) in [6.07, 6.45) is -0.674. The molecule has 0 heterocycles. The van der Waals surface area contributed by atoms with Gasteiger partial charge in [0.2, 0.25) is 0 Å². The van der Waals surface area contributed by atoms with Gasteiger partial charge < -0.3 is 14.2 Å². The third-order valence-corrected chi connectivity index (χ3v) is 1.00. The lowest BCUT2D eigenvalue weighted by molar-refractivity contribution is -0.0308. The molecule has 0 aromatic heterocycles. The van der Waals surface area contributed by atoms with Gasteiger partial charge in [0, 0.05) is 0 Å². The summed E-state index contributed by atoms with van der Waals surface area (Å²) in [5.41, 5.74) is -0.195. The zero-order valence-electron chi connectivity index (χ0n) is 8.05. The predicted octanol–water partition coefficient (Wildman–Crippen LogP) is 1.58. The van der Waals surface area contributed by atoms with Crippen LogP contribution in [-0.4, -0.2) is 32.1 Å². The van der Waals surface area contributed by atoms with Gasteiger partial charge in [-0.05, 0) is 20.8 Å². The number of carbonyl (C=O) groups excluding carboxylic acids is 1. The van der Waals surface area contributed by atoms with Crippen molar-refractivity contribution in [2.45, 2.75) is 26.4 Å². The molecule has 4 nitrogen and oxygen atoms in total. The van der Waals surface area contributed by atoms with Crippen molar-refractivity contribution in [3.8, 4) is 0 Å². The van der Waals surface area contributed by atoms with Crippen molar-refractivity contribution in [2.24, 2.45) is 0 Å². The third kappa shape index (κ3) is 7.34. The van der Waals surface area contributed by atoms with E-state index in [0.717, 1.165) is 0 Å². The number of methoxy groups -OCH3 is 1. The van der Waals surface area contributed by atoms with Crippen molar-refractivity contribution in [3.63, 3.8) is 0 Å². The molecule has 0 aliphatic rings. The molecule has 0 amide bonds. The normalized spacial score (nSPS) is 11.0. The molecule has 0 atom stereocenters. The minimum atomic E-state index is -0.674. The minimum Gasteiger partial charge on any atom is -0.438 e.